The molecule has 0 radical (unpaired) electrons. The molecule has 0 aliphatic heterocycles. The molecule has 0 aliphatic rings. The quantitative estimate of drug-likeness (QED) is 0.593. The second-order valence-corrected chi connectivity index (χ2v) is 4.85. The number of halogens is 1. The van der Waals surface area contributed by atoms with E-state index in [9.17, 15) is 19.3 Å². The van der Waals surface area contributed by atoms with Gasteiger partial charge in [-0.3, -0.25) is 14.9 Å². The zero-order valence-electron chi connectivity index (χ0n) is 11.9. The van der Waals surface area contributed by atoms with E-state index in [-0.39, 0.29) is 23.8 Å². The van der Waals surface area contributed by atoms with Gasteiger partial charge in [-0.15, -0.1) is 0 Å². The van der Waals surface area contributed by atoms with Crippen LogP contribution in [-0.2, 0) is 4.79 Å². The molecule has 0 bridgehead atoms. The molecule has 7 nitrogen and oxygen atoms in total. The molecule has 1 unspecified atom stereocenters. The number of hydrogen-bond acceptors (Lipinski definition) is 5. The molecule has 116 valence electrons. The average Bonchev–Trinajstić information content (AvgIpc) is 2.38. The van der Waals surface area contributed by atoms with Crippen LogP contribution < -0.4 is 10.1 Å². The van der Waals surface area contributed by atoms with Gasteiger partial charge >= 0.3 is 11.7 Å². The number of carboxylic acids is 1. The fraction of sp³-hybridized carbons (Fsp3) is 0.462. The van der Waals surface area contributed by atoms with E-state index in [2.05, 4.69) is 5.32 Å². The minimum atomic E-state index is -1.02. The summed E-state index contributed by atoms with van der Waals surface area (Å²) in [5.74, 6) is -2.02. The molecular weight excluding hydrogens is 283 g/mol. The first-order valence-electron chi connectivity index (χ1n) is 6.26. The average molecular weight is 300 g/mol. The molecule has 0 spiro atoms. The van der Waals surface area contributed by atoms with Crippen molar-refractivity contribution in [3.05, 3.63) is 28.1 Å². The van der Waals surface area contributed by atoms with Crippen LogP contribution in [0.5, 0.6) is 5.75 Å². The van der Waals surface area contributed by atoms with Gasteiger partial charge < -0.3 is 15.2 Å². The van der Waals surface area contributed by atoms with Crippen molar-refractivity contribution in [1.82, 2.24) is 0 Å². The number of carboxylic acid groups (broad SMARTS) is 1. The lowest BCUT2D eigenvalue weighted by Crippen LogP contribution is -2.29. The molecule has 0 saturated heterocycles. The Morgan fingerprint density at radius 3 is 2.57 bits per heavy atom. The SMILES string of the molecule is COc1cc(NC(CC(=O)O)C(C)C)c(F)cc1[N+](=O)[O-]. The maximum Gasteiger partial charge on any atom is 0.313 e. The molecule has 1 atom stereocenters. The molecule has 0 fully saturated rings. The van der Waals surface area contributed by atoms with E-state index in [1.54, 1.807) is 13.8 Å². The Morgan fingerprint density at radius 1 is 1.52 bits per heavy atom. The van der Waals surface area contributed by atoms with Gasteiger partial charge in [0.15, 0.2) is 11.6 Å². The zero-order chi connectivity index (χ0) is 16.2. The van der Waals surface area contributed by atoms with Crippen LogP contribution >= 0.6 is 0 Å². The summed E-state index contributed by atoms with van der Waals surface area (Å²) < 4.78 is 18.8. The van der Waals surface area contributed by atoms with Crippen LogP contribution in [-0.4, -0.2) is 29.2 Å². The van der Waals surface area contributed by atoms with Gasteiger partial charge in [-0.05, 0) is 5.92 Å². The number of methoxy groups -OCH3 is 1. The van der Waals surface area contributed by atoms with Crippen molar-refractivity contribution >= 4 is 17.3 Å². The fourth-order valence-corrected chi connectivity index (χ4v) is 1.80. The van der Waals surface area contributed by atoms with Crippen molar-refractivity contribution in [2.45, 2.75) is 26.3 Å². The predicted octanol–water partition coefficient (Wildman–Crippen LogP) is 2.65. The molecule has 8 heteroatoms. The van der Waals surface area contributed by atoms with Crippen molar-refractivity contribution < 1.29 is 24.0 Å². The van der Waals surface area contributed by atoms with Gasteiger partial charge in [-0.1, -0.05) is 13.8 Å². The van der Waals surface area contributed by atoms with Crippen molar-refractivity contribution in [2.75, 3.05) is 12.4 Å². The van der Waals surface area contributed by atoms with Crippen molar-refractivity contribution in [3.8, 4) is 5.75 Å². The van der Waals surface area contributed by atoms with Crippen molar-refractivity contribution in [1.29, 1.82) is 0 Å². The molecule has 1 aromatic rings. The summed E-state index contributed by atoms with van der Waals surface area (Å²) in [5.41, 5.74) is -0.516. The minimum absolute atomic E-state index is 0.0302. The third-order valence-corrected chi connectivity index (χ3v) is 3.01. The number of rotatable bonds is 7. The van der Waals surface area contributed by atoms with Crippen LogP contribution in [0.15, 0.2) is 12.1 Å². The maximum atomic E-state index is 13.9. The molecule has 1 rings (SSSR count). The summed E-state index contributed by atoms with van der Waals surface area (Å²) in [6, 6.07) is 1.40. The summed E-state index contributed by atoms with van der Waals surface area (Å²) in [6.07, 6.45) is -0.198. The predicted molar refractivity (Wildman–Crippen MR) is 74.1 cm³/mol. The Bertz CT molecular complexity index is 548. The van der Waals surface area contributed by atoms with Crippen LogP contribution in [0, 0.1) is 21.8 Å². The Kier molecular flexibility index (Phi) is 5.45. The number of aliphatic carboxylic acids is 1. The third-order valence-electron chi connectivity index (χ3n) is 3.01. The van der Waals surface area contributed by atoms with E-state index in [0.717, 1.165) is 12.1 Å². The van der Waals surface area contributed by atoms with Crippen LogP contribution in [0.4, 0.5) is 15.8 Å². The Balaban J connectivity index is 3.12. The topological polar surface area (TPSA) is 102 Å². The highest BCUT2D eigenvalue weighted by atomic mass is 19.1. The van der Waals surface area contributed by atoms with Gasteiger partial charge in [0, 0.05) is 12.1 Å². The lowest BCUT2D eigenvalue weighted by Gasteiger charge is -2.22. The number of ether oxygens (including phenoxy) is 1. The Morgan fingerprint density at radius 2 is 2.14 bits per heavy atom. The van der Waals surface area contributed by atoms with Crippen LogP contribution in [0.2, 0.25) is 0 Å². The zero-order valence-corrected chi connectivity index (χ0v) is 11.9. The van der Waals surface area contributed by atoms with E-state index >= 15 is 0 Å². The summed E-state index contributed by atoms with van der Waals surface area (Å²) in [4.78, 5) is 20.8. The van der Waals surface area contributed by atoms with E-state index < -0.39 is 28.4 Å². The summed E-state index contributed by atoms with van der Waals surface area (Å²) >= 11 is 0. The molecule has 2 N–H and O–H groups in total. The number of nitro groups is 1. The highest BCUT2D eigenvalue weighted by molar-refractivity contribution is 5.69. The van der Waals surface area contributed by atoms with E-state index in [1.807, 2.05) is 0 Å². The Hall–Kier alpha value is -2.38. The van der Waals surface area contributed by atoms with E-state index in [0.29, 0.717) is 0 Å². The number of benzene rings is 1. The molecule has 21 heavy (non-hydrogen) atoms. The summed E-state index contributed by atoms with van der Waals surface area (Å²) in [5, 5.41) is 22.4. The summed E-state index contributed by atoms with van der Waals surface area (Å²) in [7, 11) is 1.24. The van der Waals surface area contributed by atoms with Gasteiger partial charge in [-0.2, -0.15) is 0 Å². The lowest BCUT2D eigenvalue weighted by molar-refractivity contribution is -0.385. The van der Waals surface area contributed by atoms with Crippen LogP contribution in [0.3, 0.4) is 0 Å². The normalized spacial score (nSPS) is 12.0. The van der Waals surface area contributed by atoms with E-state index in [1.165, 1.54) is 7.11 Å². The van der Waals surface area contributed by atoms with Gasteiger partial charge in [-0.25, -0.2) is 4.39 Å². The van der Waals surface area contributed by atoms with Crippen LogP contribution in [0.1, 0.15) is 20.3 Å². The van der Waals surface area contributed by atoms with Crippen molar-refractivity contribution in [3.63, 3.8) is 0 Å². The second kappa shape index (κ2) is 6.87. The number of nitrogens with one attached hydrogen (secondary N) is 1. The first-order chi connectivity index (χ1) is 9.76. The van der Waals surface area contributed by atoms with Crippen LogP contribution in [0.25, 0.3) is 0 Å². The molecule has 1 aromatic carbocycles. The molecule has 0 amide bonds. The molecule has 0 saturated carbocycles. The highest BCUT2D eigenvalue weighted by Crippen LogP contribution is 2.33. The largest absolute Gasteiger partial charge is 0.490 e. The standard InChI is InChI=1S/C13H17FN2O5/c1-7(2)9(6-13(17)18)15-10-5-12(21-3)11(16(19)20)4-8(10)14/h4-5,7,9,15H,6H2,1-3H3,(H,17,18). The van der Waals surface area contributed by atoms with Gasteiger partial charge in [0.2, 0.25) is 0 Å². The molecule has 0 aromatic heterocycles. The first kappa shape index (κ1) is 16.7. The number of anilines is 1. The minimum Gasteiger partial charge on any atom is -0.490 e. The first-order valence-corrected chi connectivity index (χ1v) is 6.26. The third kappa shape index (κ3) is 4.30. The second-order valence-electron chi connectivity index (χ2n) is 4.85. The number of hydrogen-bond donors (Lipinski definition) is 2. The van der Waals surface area contributed by atoms with Crippen molar-refractivity contribution in [2.24, 2.45) is 5.92 Å². The van der Waals surface area contributed by atoms with Gasteiger partial charge in [0.25, 0.3) is 0 Å². The van der Waals surface area contributed by atoms with Gasteiger partial charge in [0.05, 0.1) is 30.2 Å². The lowest BCUT2D eigenvalue weighted by atomic mass is 10.0. The number of nitrogens with zero attached hydrogens (tertiary/aromatic N) is 1. The number of nitro benzene ring substituents is 1. The monoisotopic (exact) mass is 300 g/mol. The Labute approximate surface area is 120 Å². The van der Waals surface area contributed by atoms with Gasteiger partial charge in [0.1, 0.15) is 0 Å². The highest BCUT2D eigenvalue weighted by Gasteiger charge is 2.23. The number of carbonyl (C=O) groups is 1. The molecule has 0 heterocycles. The molecular formula is C13H17FN2O5. The smallest absolute Gasteiger partial charge is 0.313 e. The summed E-state index contributed by atoms with van der Waals surface area (Å²) in [6.45, 7) is 3.59. The van der Waals surface area contributed by atoms with E-state index in [4.69, 9.17) is 9.84 Å². The maximum absolute atomic E-state index is 13.9. The fourth-order valence-electron chi connectivity index (χ4n) is 1.80. The molecule has 0 aliphatic carbocycles.